The van der Waals surface area contributed by atoms with Crippen molar-refractivity contribution in [1.29, 1.82) is 0 Å². The van der Waals surface area contributed by atoms with Crippen molar-refractivity contribution in [3.63, 3.8) is 0 Å². The Morgan fingerprint density at radius 2 is 1.81 bits per heavy atom. The zero-order valence-corrected chi connectivity index (χ0v) is 18.1. The molecule has 0 bridgehead atoms. The van der Waals surface area contributed by atoms with Crippen LogP contribution in [0.3, 0.4) is 0 Å². The van der Waals surface area contributed by atoms with Crippen molar-refractivity contribution < 1.29 is 9.53 Å². The van der Waals surface area contributed by atoms with E-state index in [1.54, 1.807) is 0 Å². The summed E-state index contributed by atoms with van der Waals surface area (Å²) in [7, 11) is 0. The Kier molecular flexibility index (Phi) is 5.59. The maximum absolute atomic E-state index is 12.7. The molecule has 4 aromatic rings. The number of ether oxygens (including phenoxy) is 1. The van der Waals surface area contributed by atoms with E-state index in [9.17, 15) is 4.79 Å². The van der Waals surface area contributed by atoms with Crippen molar-refractivity contribution in [2.24, 2.45) is 5.92 Å². The van der Waals surface area contributed by atoms with Crippen molar-refractivity contribution in [2.45, 2.75) is 25.8 Å². The first kappa shape index (κ1) is 20.3. The molecule has 1 fully saturated rings. The number of pyridine rings is 1. The predicted molar refractivity (Wildman–Crippen MR) is 127 cm³/mol. The fraction of sp³-hybridized carbons (Fsp3) is 0.214. The fourth-order valence-electron chi connectivity index (χ4n) is 4.42. The number of hydrogen-bond donors (Lipinski definition) is 1. The van der Waals surface area contributed by atoms with Gasteiger partial charge in [0.1, 0.15) is 5.75 Å². The van der Waals surface area contributed by atoms with Crippen LogP contribution in [-0.4, -0.2) is 17.5 Å². The zero-order valence-electron chi connectivity index (χ0n) is 18.1. The SMILES string of the molecule is CCOc1ccc(-c2ccc(CNC(=O)[C@@H]3C[C@H]3c3ccccc3)c3cnccc23)cc1. The molecule has 1 aliphatic carbocycles. The lowest BCUT2D eigenvalue weighted by Crippen LogP contribution is -2.25. The summed E-state index contributed by atoms with van der Waals surface area (Å²) in [6, 6.07) is 24.7. The van der Waals surface area contributed by atoms with Crippen molar-refractivity contribution in [3.8, 4) is 16.9 Å². The van der Waals surface area contributed by atoms with Gasteiger partial charge in [-0.3, -0.25) is 9.78 Å². The summed E-state index contributed by atoms with van der Waals surface area (Å²) in [6.07, 6.45) is 4.63. The van der Waals surface area contributed by atoms with E-state index in [0.29, 0.717) is 19.1 Å². The molecule has 4 nitrogen and oxygen atoms in total. The minimum atomic E-state index is 0.0740. The predicted octanol–water partition coefficient (Wildman–Crippen LogP) is 5.72. The van der Waals surface area contributed by atoms with Gasteiger partial charge in [0.05, 0.1) is 6.61 Å². The second kappa shape index (κ2) is 8.83. The van der Waals surface area contributed by atoms with E-state index in [2.05, 4.69) is 46.7 Å². The first-order valence-corrected chi connectivity index (χ1v) is 11.2. The first-order chi connectivity index (χ1) is 15.7. The third-order valence-corrected chi connectivity index (χ3v) is 6.19. The van der Waals surface area contributed by atoms with Crippen LogP contribution in [0.5, 0.6) is 5.75 Å². The smallest absolute Gasteiger partial charge is 0.224 e. The second-order valence-electron chi connectivity index (χ2n) is 8.23. The number of nitrogens with zero attached hydrogens (tertiary/aromatic N) is 1. The Bertz CT molecular complexity index is 1240. The van der Waals surface area contributed by atoms with Gasteiger partial charge in [-0.05, 0) is 65.1 Å². The summed E-state index contributed by atoms with van der Waals surface area (Å²) in [4.78, 5) is 17.1. The number of carbonyl (C=O) groups excluding carboxylic acids is 1. The number of aromatic nitrogens is 1. The lowest BCUT2D eigenvalue weighted by molar-refractivity contribution is -0.122. The molecular formula is C28H26N2O2. The molecule has 0 radical (unpaired) electrons. The average molecular weight is 423 g/mol. The van der Waals surface area contributed by atoms with E-state index in [1.807, 2.05) is 55.7 Å². The van der Waals surface area contributed by atoms with E-state index in [4.69, 9.17) is 4.74 Å². The van der Waals surface area contributed by atoms with Crippen molar-refractivity contribution in [3.05, 3.63) is 96.3 Å². The number of nitrogens with one attached hydrogen (secondary N) is 1. The number of benzene rings is 3. The van der Waals surface area contributed by atoms with Gasteiger partial charge in [-0.1, -0.05) is 54.6 Å². The molecule has 0 saturated heterocycles. The minimum Gasteiger partial charge on any atom is -0.494 e. The van der Waals surface area contributed by atoms with Crippen LogP contribution in [-0.2, 0) is 11.3 Å². The molecule has 2 atom stereocenters. The average Bonchev–Trinajstić information content (AvgIpc) is 3.65. The van der Waals surface area contributed by atoms with Crippen LogP contribution in [0.2, 0.25) is 0 Å². The Hall–Kier alpha value is -3.66. The number of hydrogen-bond acceptors (Lipinski definition) is 3. The highest BCUT2D eigenvalue weighted by atomic mass is 16.5. The van der Waals surface area contributed by atoms with Crippen molar-refractivity contribution in [1.82, 2.24) is 10.3 Å². The van der Waals surface area contributed by atoms with Gasteiger partial charge in [-0.25, -0.2) is 0 Å². The Balaban J connectivity index is 1.33. The van der Waals surface area contributed by atoms with Gasteiger partial charge in [-0.15, -0.1) is 0 Å². The van der Waals surface area contributed by atoms with Gasteiger partial charge in [0.25, 0.3) is 0 Å². The zero-order chi connectivity index (χ0) is 21.9. The van der Waals surface area contributed by atoms with Crippen LogP contribution < -0.4 is 10.1 Å². The number of carbonyl (C=O) groups is 1. The van der Waals surface area contributed by atoms with Crippen molar-refractivity contribution >= 4 is 16.7 Å². The molecule has 4 heteroatoms. The summed E-state index contributed by atoms with van der Waals surface area (Å²) in [5.41, 5.74) is 4.60. The monoisotopic (exact) mass is 422 g/mol. The summed E-state index contributed by atoms with van der Waals surface area (Å²) < 4.78 is 5.57. The molecule has 160 valence electrons. The van der Waals surface area contributed by atoms with Crippen molar-refractivity contribution in [2.75, 3.05) is 6.61 Å². The lowest BCUT2D eigenvalue weighted by Gasteiger charge is -2.13. The van der Waals surface area contributed by atoms with Crippen LogP contribution in [0.4, 0.5) is 0 Å². The summed E-state index contributed by atoms with van der Waals surface area (Å²) in [5.74, 6) is 1.42. The highest BCUT2D eigenvalue weighted by Gasteiger charge is 2.43. The molecule has 0 spiro atoms. The Morgan fingerprint density at radius 3 is 2.59 bits per heavy atom. The highest BCUT2D eigenvalue weighted by molar-refractivity contribution is 5.98. The highest BCUT2D eigenvalue weighted by Crippen LogP contribution is 2.47. The maximum Gasteiger partial charge on any atom is 0.224 e. The third kappa shape index (κ3) is 4.09. The normalized spacial score (nSPS) is 17.2. The molecule has 1 N–H and O–H groups in total. The van der Waals surface area contributed by atoms with Crippen LogP contribution in [0.1, 0.15) is 30.4 Å². The standard InChI is InChI=1S/C28H26N2O2/c1-2-32-22-11-8-20(9-12-22)23-13-10-21(27-18-29-15-14-24(23)27)17-30-28(31)26-16-25(26)19-6-4-3-5-7-19/h3-15,18,25-26H,2,16-17H2,1H3,(H,30,31)/t25-,26+/m0/s1. The summed E-state index contributed by atoms with van der Waals surface area (Å²) in [5, 5.41) is 5.34. The third-order valence-electron chi connectivity index (χ3n) is 6.19. The molecule has 1 heterocycles. The first-order valence-electron chi connectivity index (χ1n) is 11.2. The van der Waals surface area contributed by atoms with Gasteiger partial charge in [-0.2, -0.15) is 0 Å². The summed E-state index contributed by atoms with van der Waals surface area (Å²) >= 11 is 0. The molecular weight excluding hydrogens is 396 g/mol. The molecule has 0 aliphatic heterocycles. The van der Waals surface area contributed by atoms with Crippen LogP contribution in [0.15, 0.2) is 85.2 Å². The Morgan fingerprint density at radius 1 is 1.00 bits per heavy atom. The molecule has 32 heavy (non-hydrogen) atoms. The van der Waals surface area contributed by atoms with Gasteiger partial charge in [0.2, 0.25) is 5.91 Å². The largest absolute Gasteiger partial charge is 0.494 e. The second-order valence-corrected chi connectivity index (χ2v) is 8.23. The molecule has 1 aromatic heterocycles. The quantitative estimate of drug-likeness (QED) is 0.414. The molecule has 1 saturated carbocycles. The van der Waals surface area contributed by atoms with Crippen LogP contribution in [0.25, 0.3) is 21.9 Å². The van der Waals surface area contributed by atoms with E-state index in [1.165, 1.54) is 5.56 Å². The topological polar surface area (TPSA) is 51.2 Å². The van der Waals surface area contributed by atoms with Gasteiger partial charge < -0.3 is 10.1 Å². The molecule has 0 unspecified atom stereocenters. The summed E-state index contributed by atoms with van der Waals surface area (Å²) in [6.45, 7) is 3.14. The van der Waals surface area contributed by atoms with E-state index in [-0.39, 0.29) is 11.8 Å². The maximum atomic E-state index is 12.7. The number of rotatable bonds is 7. The fourth-order valence-corrected chi connectivity index (χ4v) is 4.42. The number of fused-ring (bicyclic) bond motifs is 1. The Labute approximate surface area is 188 Å². The minimum absolute atomic E-state index is 0.0740. The molecule has 1 amide bonds. The van der Waals surface area contributed by atoms with E-state index in [0.717, 1.165) is 39.6 Å². The van der Waals surface area contributed by atoms with Gasteiger partial charge in [0.15, 0.2) is 0 Å². The van der Waals surface area contributed by atoms with Crippen LogP contribution in [0, 0.1) is 5.92 Å². The van der Waals surface area contributed by atoms with Crippen LogP contribution >= 0.6 is 0 Å². The molecule has 1 aliphatic rings. The number of amides is 1. The van der Waals surface area contributed by atoms with Gasteiger partial charge >= 0.3 is 0 Å². The molecule has 3 aromatic carbocycles. The van der Waals surface area contributed by atoms with Gasteiger partial charge in [0, 0.05) is 30.2 Å². The lowest BCUT2D eigenvalue weighted by atomic mass is 9.96. The molecule has 5 rings (SSSR count). The van der Waals surface area contributed by atoms with E-state index >= 15 is 0 Å². The van der Waals surface area contributed by atoms with E-state index < -0.39 is 0 Å².